The Hall–Kier alpha value is -3.75. The van der Waals surface area contributed by atoms with Crippen LogP contribution in [0, 0.1) is 0 Å². The maximum absolute atomic E-state index is 13.8. The first kappa shape index (κ1) is 23.4. The van der Waals surface area contributed by atoms with E-state index in [0.717, 1.165) is 26.4 Å². The predicted octanol–water partition coefficient (Wildman–Crippen LogP) is 7.28. The third-order valence-corrected chi connectivity index (χ3v) is 5.54. The highest BCUT2D eigenvalue weighted by Crippen LogP contribution is 2.44. The molecule has 0 N–H and O–H groups in total. The second-order valence-corrected chi connectivity index (χ2v) is 7.41. The number of hydrogen-bond acceptors (Lipinski definition) is 3. The van der Waals surface area contributed by atoms with Gasteiger partial charge in [0.05, 0.1) is 14.2 Å². The monoisotopic (exact) mass is 478 g/mol. The van der Waals surface area contributed by atoms with Crippen molar-refractivity contribution < 1.29 is 40.6 Å². The smallest absolute Gasteiger partial charge is 0.420 e. The number of ether oxygens (including phenoxy) is 2. The molecule has 0 heterocycles. The molecule has 4 aromatic rings. The van der Waals surface area contributed by atoms with Crippen molar-refractivity contribution in [3.63, 3.8) is 0 Å². The molecule has 0 fully saturated rings. The molecule has 0 saturated heterocycles. The maximum atomic E-state index is 13.8. The first-order valence-corrected chi connectivity index (χ1v) is 9.87. The summed E-state index contributed by atoms with van der Waals surface area (Å²) in [4.78, 5) is 13.5. The number of hydrogen-bond donors (Lipinski definition) is 0. The third-order valence-electron chi connectivity index (χ3n) is 5.54. The highest BCUT2D eigenvalue weighted by Gasteiger charge is 2.38. The normalized spacial score (nSPS) is 12.2. The molecule has 9 heteroatoms. The number of methoxy groups -OCH3 is 2. The van der Waals surface area contributed by atoms with Crippen LogP contribution in [0.25, 0.3) is 21.5 Å². The average molecular weight is 478 g/mol. The third kappa shape index (κ3) is 3.81. The largest absolute Gasteiger partial charge is 0.496 e. The van der Waals surface area contributed by atoms with Gasteiger partial charge in [0, 0.05) is 11.1 Å². The number of fused-ring (bicyclic) bond motifs is 2. The minimum atomic E-state index is -4.76. The van der Waals surface area contributed by atoms with Gasteiger partial charge in [-0.25, -0.2) is 0 Å². The van der Waals surface area contributed by atoms with E-state index in [9.17, 15) is 31.1 Å². The van der Waals surface area contributed by atoms with Crippen LogP contribution in [0.15, 0.2) is 60.7 Å². The number of rotatable bonds is 4. The fraction of sp³-hybridized carbons (Fsp3) is 0.160. The van der Waals surface area contributed by atoms with E-state index in [1.807, 2.05) is 0 Å². The fourth-order valence-corrected chi connectivity index (χ4v) is 4.14. The van der Waals surface area contributed by atoms with E-state index in [-0.39, 0.29) is 32.7 Å². The average Bonchev–Trinajstić information content (AvgIpc) is 2.79. The first-order valence-electron chi connectivity index (χ1n) is 9.87. The van der Waals surface area contributed by atoms with Crippen molar-refractivity contribution in [3.8, 4) is 11.5 Å². The van der Waals surface area contributed by atoms with E-state index < -0.39 is 40.8 Å². The Bertz CT molecular complexity index is 1310. The van der Waals surface area contributed by atoms with Crippen LogP contribution >= 0.6 is 0 Å². The van der Waals surface area contributed by atoms with Gasteiger partial charge >= 0.3 is 12.4 Å². The van der Waals surface area contributed by atoms with Gasteiger partial charge in [-0.2, -0.15) is 26.3 Å². The summed E-state index contributed by atoms with van der Waals surface area (Å²) < 4.78 is 92.4. The van der Waals surface area contributed by atoms with E-state index in [0.29, 0.717) is 0 Å². The molecular weight excluding hydrogens is 462 g/mol. The van der Waals surface area contributed by atoms with Crippen LogP contribution in [-0.2, 0) is 12.4 Å². The summed E-state index contributed by atoms with van der Waals surface area (Å²) in [5, 5.41) is -0.504. The minimum Gasteiger partial charge on any atom is -0.496 e. The Morgan fingerprint density at radius 1 is 0.588 bits per heavy atom. The molecule has 0 radical (unpaired) electrons. The molecule has 0 aliphatic carbocycles. The van der Waals surface area contributed by atoms with E-state index in [1.165, 1.54) is 48.5 Å². The highest BCUT2D eigenvalue weighted by atomic mass is 19.4. The number of ketones is 1. The van der Waals surface area contributed by atoms with Gasteiger partial charge in [-0.05, 0) is 45.8 Å². The second kappa shape index (κ2) is 8.23. The fourth-order valence-electron chi connectivity index (χ4n) is 4.14. The van der Waals surface area contributed by atoms with Crippen molar-refractivity contribution in [2.75, 3.05) is 14.2 Å². The lowest BCUT2D eigenvalue weighted by atomic mass is 9.91. The van der Waals surface area contributed by atoms with Crippen LogP contribution in [0.5, 0.6) is 11.5 Å². The summed E-state index contributed by atoms with van der Waals surface area (Å²) in [5.41, 5.74) is -2.24. The zero-order chi connectivity index (χ0) is 24.8. The van der Waals surface area contributed by atoms with Crippen molar-refractivity contribution in [2.45, 2.75) is 12.4 Å². The van der Waals surface area contributed by atoms with Gasteiger partial charge < -0.3 is 9.47 Å². The zero-order valence-corrected chi connectivity index (χ0v) is 17.8. The standard InChI is InChI=1S/C25H16F6O3/c1-33-19-11-9-13-15(21(19)24(26,27)28)5-3-7-17(13)23(32)18-8-4-6-16-14(18)10-12-20(34-2)22(16)25(29,30)31/h3-12H,1-2H3. The lowest BCUT2D eigenvalue weighted by Gasteiger charge is -2.18. The molecule has 0 atom stereocenters. The summed E-state index contributed by atoms with van der Waals surface area (Å²) in [7, 11) is 2.21. The van der Waals surface area contributed by atoms with Crippen LogP contribution in [0.2, 0.25) is 0 Å². The lowest BCUT2D eigenvalue weighted by molar-refractivity contribution is -0.138. The molecule has 176 valence electrons. The number of carbonyl (C=O) groups excluding carboxylic acids is 1. The maximum Gasteiger partial charge on any atom is 0.420 e. The van der Waals surface area contributed by atoms with Crippen LogP contribution in [0.4, 0.5) is 26.3 Å². The topological polar surface area (TPSA) is 35.5 Å². The summed E-state index contributed by atoms with van der Waals surface area (Å²) in [6.07, 6.45) is -9.52. The lowest BCUT2D eigenvalue weighted by Crippen LogP contribution is -2.11. The highest BCUT2D eigenvalue weighted by molar-refractivity contribution is 6.22. The quantitative estimate of drug-likeness (QED) is 0.228. The Kier molecular flexibility index (Phi) is 5.67. The van der Waals surface area contributed by atoms with E-state index in [4.69, 9.17) is 9.47 Å². The molecule has 0 aliphatic heterocycles. The van der Waals surface area contributed by atoms with Crippen molar-refractivity contribution in [1.29, 1.82) is 0 Å². The van der Waals surface area contributed by atoms with E-state index in [1.54, 1.807) is 0 Å². The Morgan fingerprint density at radius 2 is 0.971 bits per heavy atom. The summed E-state index contributed by atoms with van der Waals surface area (Å²) in [5.74, 6) is -1.53. The Labute approximate surface area is 189 Å². The van der Waals surface area contributed by atoms with Gasteiger partial charge in [0.15, 0.2) is 5.78 Å². The number of carbonyl (C=O) groups is 1. The number of benzene rings is 4. The van der Waals surface area contributed by atoms with Gasteiger partial charge in [0.2, 0.25) is 0 Å². The SMILES string of the molecule is COc1ccc2c(C(=O)c3cccc4c(C(F)(F)F)c(OC)ccc34)cccc2c1C(F)(F)F. The predicted molar refractivity (Wildman–Crippen MR) is 114 cm³/mol. The molecular formula is C25H16F6O3. The van der Waals surface area contributed by atoms with Gasteiger partial charge in [-0.3, -0.25) is 4.79 Å². The van der Waals surface area contributed by atoms with E-state index >= 15 is 0 Å². The van der Waals surface area contributed by atoms with Gasteiger partial charge in [-0.1, -0.05) is 36.4 Å². The molecule has 34 heavy (non-hydrogen) atoms. The molecule has 0 amide bonds. The molecule has 0 saturated carbocycles. The number of halogens is 6. The summed E-state index contributed by atoms with van der Waals surface area (Å²) >= 11 is 0. The van der Waals surface area contributed by atoms with Gasteiger partial charge in [0.1, 0.15) is 22.6 Å². The molecule has 4 aromatic carbocycles. The van der Waals surface area contributed by atoms with Crippen molar-refractivity contribution in [3.05, 3.63) is 82.9 Å². The van der Waals surface area contributed by atoms with Crippen LogP contribution in [0.3, 0.4) is 0 Å². The van der Waals surface area contributed by atoms with E-state index in [2.05, 4.69) is 0 Å². The van der Waals surface area contributed by atoms with Gasteiger partial charge in [-0.15, -0.1) is 0 Å². The van der Waals surface area contributed by atoms with Gasteiger partial charge in [0.25, 0.3) is 0 Å². The van der Waals surface area contributed by atoms with Crippen LogP contribution in [0.1, 0.15) is 27.0 Å². The molecule has 3 nitrogen and oxygen atoms in total. The molecule has 0 aromatic heterocycles. The summed E-state index contributed by atoms with van der Waals surface area (Å²) in [6, 6.07) is 12.6. The zero-order valence-electron chi connectivity index (χ0n) is 17.8. The van der Waals surface area contributed by atoms with Crippen molar-refractivity contribution in [2.24, 2.45) is 0 Å². The molecule has 0 unspecified atom stereocenters. The molecule has 0 bridgehead atoms. The minimum absolute atomic E-state index is 0.00202. The Morgan fingerprint density at radius 3 is 1.29 bits per heavy atom. The summed E-state index contributed by atoms with van der Waals surface area (Å²) in [6.45, 7) is 0. The first-order chi connectivity index (χ1) is 16.0. The van der Waals surface area contributed by atoms with Crippen molar-refractivity contribution >= 4 is 27.3 Å². The number of alkyl halides is 6. The van der Waals surface area contributed by atoms with Crippen LogP contribution in [-0.4, -0.2) is 20.0 Å². The molecule has 4 rings (SSSR count). The second-order valence-electron chi connectivity index (χ2n) is 7.41. The van der Waals surface area contributed by atoms with Crippen LogP contribution < -0.4 is 9.47 Å². The van der Waals surface area contributed by atoms with Crippen molar-refractivity contribution in [1.82, 2.24) is 0 Å². The molecule has 0 aliphatic rings. The molecule has 0 spiro atoms. The Balaban J connectivity index is 1.99.